The Labute approximate surface area is 227 Å². The van der Waals surface area contributed by atoms with E-state index in [9.17, 15) is 9.90 Å². The maximum absolute atomic E-state index is 13.0. The summed E-state index contributed by atoms with van der Waals surface area (Å²) in [6.07, 6.45) is -0.681. The molecule has 3 heterocycles. The van der Waals surface area contributed by atoms with E-state index in [0.717, 1.165) is 53.8 Å². The number of nitrogens with one attached hydrogen (secondary N) is 1. The smallest absolute Gasteiger partial charge is 0.271 e. The van der Waals surface area contributed by atoms with E-state index in [1.807, 2.05) is 55.7 Å². The van der Waals surface area contributed by atoms with Crippen LogP contribution in [-0.2, 0) is 0 Å². The number of anilines is 1. The van der Waals surface area contributed by atoms with Crippen molar-refractivity contribution in [2.24, 2.45) is 0 Å². The molecule has 38 heavy (non-hydrogen) atoms. The summed E-state index contributed by atoms with van der Waals surface area (Å²) in [5.74, 6) is 1.78. The Morgan fingerprint density at radius 2 is 1.82 bits per heavy atom. The van der Waals surface area contributed by atoms with Gasteiger partial charge in [-0.1, -0.05) is 17.7 Å². The van der Waals surface area contributed by atoms with E-state index in [1.54, 1.807) is 0 Å². The molecule has 1 fully saturated rings. The first-order chi connectivity index (χ1) is 18.3. The largest absolute Gasteiger partial charge is 0.486 e. The van der Waals surface area contributed by atoms with Crippen molar-refractivity contribution < 1.29 is 19.4 Å². The number of β-amino-alcohol motifs (C(OH)–C–C–N with tert-alkyl or cyclic N) is 1. The third-order valence-electron chi connectivity index (χ3n) is 7.19. The van der Waals surface area contributed by atoms with Crippen molar-refractivity contribution in [1.82, 2.24) is 19.8 Å². The second kappa shape index (κ2) is 11.2. The Balaban J connectivity index is 1.15. The molecule has 0 radical (unpaired) electrons. The van der Waals surface area contributed by atoms with E-state index in [0.29, 0.717) is 42.8 Å². The van der Waals surface area contributed by atoms with Gasteiger partial charge in [0.25, 0.3) is 5.91 Å². The van der Waals surface area contributed by atoms with E-state index in [2.05, 4.69) is 26.2 Å². The van der Waals surface area contributed by atoms with Gasteiger partial charge >= 0.3 is 0 Å². The average molecular weight is 540 g/mol. The molecule has 9 nitrogen and oxygen atoms in total. The summed E-state index contributed by atoms with van der Waals surface area (Å²) in [5, 5.41) is 14.3. The molecule has 2 N–H and O–H groups in total. The molecular formula is C28H34ClN5O4. The fraction of sp³-hybridized carbons (Fsp3) is 0.429. The number of nitrogens with zero attached hydrogens (tertiary/aromatic N) is 4. The highest BCUT2D eigenvalue weighted by atomic mass is 35.5. The molecule has 2 aliphatic rings. The lowest BCUT2D eigenvalue weighted by molar-refractivity contribution is 0.0847. The fourth-order valence-electron chi connectivity index (χ4n) is 5.17. The summed E-state index contributed by atoms with van der Waals surface area (Å²) >= 11 is 6.29. The number of hydrogen-bond donors (Lipinski definition) is 2. The lowest BCUT2D eigenvalue weighted by Gasteiger charge is -2.37. The number of hydrogen-bond acceptors (Lipinski definition) is 7. The number of aryl methyl sites for hydroxylation is 1. The van der Waals surface area contributed by atoms with Gasteiger partial charge in [0, 0.05) is 56.0 Å². The Morgan fingerprint density at radius 1 is 1.08 bits per heavy atom. The number of aromatic nitrogens is 2. The zero-order valence-electron chi connectivity index (χ0n) is 22.0. The molecule has 1 aromatic heterocycles. The number of amides is 1. The van der Waals surface area contributed by atoms with Crippen molar-refractivity contribution in [1.29, 1.82) is 0 Å². The van der Waals surface area contributed by atoms with Gasteiger partial charge in [0.05, 0.1) is 17.5 Å². The monoisotopic (exact) mass is 539 g/mol. The van der Waals surface area contributed by atoms with Crippen molar-refractivity contribution >= 4 is 23.2 Å². The Morgan fingerprint density at radius 3 is 2.58 bits per heavy atom. The predicted octanol–water partition coefficient (Wildman–Crippen LogP) is 3.14. The molecule has 0 bridgehead atoms. The molecule has 202 valence electrons. The molecule has 0 unspecified atom stereocenters. The van der Waals surface area contributed by atoms with Gasteiger partial charge in [-0.2, -0.15) is 0 Å². The third-order valence-corrected chi connectivity index (χ3v) is 7.60. The summed E-state index contributed by atoms with van der Waals surface area (Å²) < 4.78 is 13.2. The molecule has 2 aromatic carbocycles. The van der Waals surface area contributed by atoms with Gasteiger partial charge in [0.2, 0.25) is 0 Å². The number of aliphatic hydroxyl groups excluding tert-OH is 1. The number of rotatable bonds is 7. The minimum atomic E-state index is -0.681. The van der Waals surface area contributed by atoms with E-state index < -0.39 is 6.10 Å². The summed E-state index contributed by atoms with van der Waals surface area (Å²) in [6, 6.07) is 11.7. The SMILES string of the molecule is Cc1c(Cl)cccc1N1CCN(C[C@H](O)CNC(=O)c2nc(C)n(-c3ccc4c(c3)OCCO4)c2C)CC1. The molecule has 1 amide bonds. The second-order valence-electron chi connectivity index (χ2n) is 9.79. The molecule has 3 aromatic rings. The first-order valence-electron chi connectivity index (χ1n) is 13.0. The third kappa shape index (κ3) is 5.45. The van der Waals surface area contributed by atoms with Crippen LogP contribution < -0.4 is 19.7 Å². The van der Waals surface area contributed by atoms with Crippen molar-refractivity contribution in [3.8, 4) is 17.2 Å². The topological polar surface area (TPSA) is 92.1 Å². The Kier molecular flexibility index (Phi) is 7.78. The van der Waals surface area contributed by atoms with Crippen LogP contribution in [0.15, 0.2) is 36.4 Å². The first kappa shape index (κ1) is 26.3. The van der Waals surface area contributed by atoms with Crippen LogP contribution in [0.5, 0.6) is 11.5 Å². The van der Waals surface area contributed by atoms with E-state index in [4.69, 9.17) is 21.1 Å². The highest BCUT2D eigenvalue weighted by molar-refractivity contribution is 6.31. The zero-order chi connectivity index (χ0) is 26.8. The number of carbonyl (C=O) groups is 1. The Bertz CT molecular complexity index is 1320. The number of ether oxygens (including phenoxy) is 2. The van der Waals surface area contributed by atoms with Crippen LogP contribution in [0.3, 0.4) is 0 Å². The standard InChI is InChI=1S/C28H34ClN5O4/c1-18-23(29)5-4-6-24(18)33-11-9-32(10-12-33)17-22(35)16-30-28(36)27-19(2)34(20(3)31-27)21-7-8-25-26(15-21)38-14-13-37-25/h4-8,15,22,35H,9-14,16-17H2,1-3H3,(H,30,36)/t22-/m1/s1. The number of imidazole rings is 1. The summed E-state index contributed by atoms with van der Waals surface area (Å²) in [7, 11) is 0. The maximum atomic E-state index is 13.0. The number of fused-ring (bicyclic) bond motifs is 1. The molecule has 2 aliphatic heterocycles. The lowest BCUT2D eigenvalue weighted by Crippen LogP contribution is -2.50. The van der Waals surface area contributed by atoms with Crippen LogP contribution in [0.4, 0.5) is 5.69 Å². The number of aliphatic hydroxyl groups is 1. The van der Waals surface area contributed by atoms with Crippen LogP contribution in [-0.4, -0.2) is 84.1 Å². The molecule has 1 saturated heterocycles. The molecule has 0 saturated carbocycles. The van der Waals surface area contributed by atoms with E-state index in [-0.39, 0.29) is 12.5 Å². The number of halogens is 1. The van der Waals surface area contributed by atoms with Gasteiger partial charge in [0.1, 0.15) is 24.7 Å². The van der Waals surface area contributed by atoms with Crippen LogP contribution in [0.2, 0.25) is 5.02 Å². The van der Waals surface area contributed by atoms with E-state index in [1.165, 1.54) is 0 Å². The minimum absolute atomic E-state index is 0.155. The molecule has 0 aliphatic carbocycles. The lowest BCUT2D eigenvalue weighted by atomic mass is 10.1. The summed E-state index contributed by atoms with van der Waals surface area (Å²) in [4.78, 5) is 22.0. The maximum Gasteiger partial charge on any atom is 0.271 e. The average Bonchev–Trinajstić information content (AvgIpc) is 3.22. The van der Waals surface area contributed by atoms with Crippen molar-refractivity contribution in [2.75, 3.05) is 57.4 Å². The number of benzene rings is 2. The van der Waals surface area contributed by atoms with Crippen LogP contribution in [0.25, 0.3) is 5.69 Å². The molecule has 5 rings (SSSR count). The molecule has 0 spiro atoms. The summed E-state index contributed by atoms with van der Waals surface area (Å²) in [5.41, 5.74) is 4.16. The zero-order valence-corrected chi connectivity index (χ0v) is 22.8. The minimum Gasteiger partial charge on any atom is -0.486 e. The van der Waals surface area contributed by atoms with Gasteiger partial charge in [0.15, 0.2) is 11.5 Å². The Hall–Kier alpha value is -3.27. The van der Waals surface area contributed by atoms with Crippen LogP contribution in [0.1, 0.15) is 27.6 Å². The first-order valence-corrected chi connectivity index (χ1v) is 13.3. The van der Waals surface area contributed by atoms with Crippen molar-refractivity contribution in [2.45, 2.75) is 26.9 Å². The van der Waals surface area contributed by atoms with Gasteiger partial charge in [-0.15, -0.1) is 0 Å². The van der Waals surface area contributed by atoms with E-state index >= 15 is 0 Å². The van der Waals surface area contributed by atoms with Crippen molar-refractivity contribution in [3.63, 3.8) is 0 Å². The normalized spacial score (nSPS) is 16.4. The highest BCUT2D eigenvalue weighted by Gasteiger charge is 2.23. The second-order valence-corrected chi connectivity index (χ2v) is 10.2. The number of piperazine rings is 1. The van der Waals surface area contributed by atoms with Gasteiger partial charge in [-0.25, -0.2) is 4.98 Å². The molecular weight excluding hydrogens is 506 g/mol. The quantitative estimate of drug-likeness (QED) is 0.476. The van der Waals surface area contributed by atoms with Gasteiger partial charge in [-0.05, 0) is 50.6 Å². The predicted molar refractivity (Wildman–Crippen MR) is 147 cm³/mol. The number of carbonyl (C=O) groups excluding carboxylic acids is 1. The van der Waals surface area contributed by atoms with Gasteiger partial charge in [-0.3, -0.25) is 9.69 Å². The van der Waals surface area contributed by atoms with Gasteiger partial charge < -0.3 is 29.4 Å². The highest BCUT2D eigenvalue weighted by Crippen LogP contribution is 2.33. The molecule has 1 atom stereocenters. The van der Waals surface area contributed by atoms with Crippen LogP contribution >= 0.6 is 11.6 Å². The summed E-state index contributed by atoms with van der Waals surface area (Å²) in [6.45, 7) is 10.8. The van der Waals surface area contributed by atoms with Crippen molar-refractivity contribution in [3.05, 3.63) is 64.2 Å². The molecule has 10 heteroatoms. The van der Waals surface area contributed by atoms with Crippen LogP contribution in [0, 0.1) is 20.8 Å². The fourth-order valence-corrected chi connectivity index (χ4v) is 5.34.